The lowest BCUT2D eigenvalue weighted by Crippen LogP contribution is -2.01. The van der Waals surface area contributed by atoms with Gasteiger partial charge in [-0.1, -0.05) is 24.3 Å². The summed E-state index contributed by atoms with van der Waals surface area (Å²) in [6.45, 7) is 6.20. The minimum absolute atomic E-state index is 0.340. The summed E-state index contributed by atoms with van der Waals surface area (Å²) < 4.78 is 10.3. The Hall–Kier alpha value is -2.03. The van der Waals surface area contributed by atoms with Gasteiger partial charge in [-0.05, 0) is 31.1 Å². The van der Waals surface area contributed by atoms with E-state index in [1.54, 1.807) is 13.0 Å². The molecule has 0 amide bonds. The molecule has 0 aliphatic heterocycles. The van der Waals surface area contributed by atoms with Crippen LogP contribution in [0.4, 0.5) is 0 Å². The van der Waals surface area contributed by atoms with Crippen molar-refractivity contribution < 1.29 is 14.3 Å². The van der Waals surface area contributed by atoms with E-state index in [-0.39, 0.29) is 5.97 Å². The Labute approximate surface area is 108 Å². The Bertz CT molecular complexity index is 422. The van der Waals surface area contributed by atoms with Crippen LogP contribution in [0.3, 0.4) is 0 Å². The number of hydrogen-bond acceptors (Lipinski definition) is 3. The summed E-state index contributed by atoms with van der Waals surface area (Å²) in [5, 5.41) is 0. The minimum Gasteiger partial charge on any atom is -0.489 e. The number of hydrogen-bond donors (Lipinski definition) is 0. The van der Waals surface area contributed by atoms with Gasteiger partial charge >= 0.3 is 5.97 Å². The van der Waals surface area contributed by atoms with E-state index in [0.717, 1.165) is 17.7 Å². The largest absolute Gasteiger partial charge is 0.489 e. The molecule has 0 radical (unpaired) electrons. The predicted octanol–water partition coefficient (Wildman–Crippen LogP) is 2.91. The minimum atomic E-state index is -0.347. The number of carbonyl (C=O) groups excluding carboxylic acids is 1. The lowest BCUT2D eigenvalue weighted by atomic mass is 10.1. The van der Waals surface area contributed by atoms with Crippen molar-refractivity contribution in [2.24, 2.45) is 0 Å². The SMILES string of the molecule is C=CCc1ccccc1OC/C=C/C(=O)OCC. The first-order chi connectivity index (χ1) is 8.77. The van der Waals surface area contributed by atoms with Crippen LogP contribution in [-0.2, 0) is 16.0 Å². The average Bonchev–Trinajstić information content (AvgIpc) is 2.37. The van der Waals surface area contributed by atoms with Crippen molar-refractivity contribution >= 4 is 5.97 Å². The molecule has 0 spiro atoms. The lowest BCUT2D eigenvalue weighted by molar-refractivity contribution is -0.137. The van der Waals surface area contributed by atoms with Gasteiger partial charge in [-0.15, -0.1) is 6.58 Å². The Balaban J connectivity index is 2.48. The third-order valence-electron chi connectivity index (χ3n) is 2.21. The maximum Gasteiger partial charge on any atom is 0.330 e. The standard InChI is InChI=1S/C15H18O3/c1-3-8-13-9-5-6-10-14(13)18-12-7-11-15(16)17-4-2/h3,5-7,9-11H,1,4,8,12H2,2H3/b11-7+. The molecule has 0 aromatic heterocycles. The first-order valence-corrected chi connectivity index (χ1v) is 5.92. The van der Waals surface area contributed by atoms with Crippen LogP contribution in [0, 0.1) is 0 Å². The van der Waals surface area contributed by atoms with Gasteiger partial charge in [0.2, 0.25) is 0 Å². The monoisotopic (exact) mass is 246 g/mol. The molecule has 0 N–H and O–H groups in total. The fourth-order valence-electron chi connectivity index (χ4n) is 1.44. The van der Waals surface area contributed by atoms with Crippen molar-refractivity contribution in [2.75, 3.05) is 13.2 Å². The summed E-state index contributed by atoms with van der Waals surface area (Å²) in [7, 11) is 0. The van der Waals surface area contributed by atoms with Crippen LogP contribution in [0.15, 0.2) is 49.1 Å². The molecule has 18 heavy (non-hydrogen) atoms. The Morgan fingerprint density at radius 3 is 2.89 bits per heavy atom. The molecule has 0 unspecified atom stereocenters. The summed E-state index contributed by atoms with van der Waals surface area (Å²) in [5.41, 5.74) is 1.08. The second-order valence-electron chi connectivity index (χ2n) is 3.57. The number of esters is 1. The Morgan fingerprint density at radius 1 is 1.39 bits per heavy atom. The van der Waals surface area contributed by atoms with Crippen LogP contribution >= 0.6 is 0 Å². The molecule has 0 heterocycles. The number of para-hydroxylation sites is 1. The van der Waals surface area contributed by atoms with Gasteiger partial charge in [-0.2, -0.15) is 0 Å². The van der Waals surface area contributed by atoms with Crippen LogP contribution in [0.5, 0.6) is 5.75 Å². The molecule has 1 aromatic rings. The van der Waals surface area contributed by atoms with Crippen molar-refractivity contribution in [1.29, 1.82) is 0 Å². The molecular weight excluding hydrogens is 228 g/mol. The third kappa shape index (κ3) is 4.87. The molecule has 0 saturated heterocycles. The van der Waals surface area contributed by atoms with Gasteiger partial charge in [0, 0.05) is 6.08 Å². The third-order valence-corrected chi connectivity index (χ3v) is 2.21. The zero-order valence-electron chi connectivity index (χ0n) is 10.6. The fraction of sp³-hybridized carbons (Fsp3) is 0.267. The molecule has 0 aliphatic rings. The summed E-state index contributed by atoms with van der Waals surface area (Å²) in [6.07, 6.45) is 5.61. The lowest BCUT2D eigenvalue weighted by Gasteiger charge is -2.07. The van der Waals surface area contributed by atoms with E-state index in [9.17, 15) is 4.79 Å². The summed E-state index contributed by atoms with van der Waals surface area (Å²) in [6, 6.07) is 7.76. The van der Waals surface area contributed by atoms with E-state index in [1.165, 1.54) is 6.08 Å². The van der Waals surface area contributed by atoms with Gasteiger partial charge in [-0.3, -0.25) is 0 Å². The van der Waals surface area contributed by atoms with E-state index >= 15 is 0 Å². The second-order valence-corrected chi connectivity index (χ2v) is 3.57. The Kier molecular flexibility index (Phi) is 6.33. The number of allylic oxidation sites excluding steroid dienone is 1. The van der Waals surface area contributed by atoms with Gasteiger partial charge in [0.15, 0.2) is 0 Å². The summed E-state index contributed by atoms with van der Waals surface area (Å²) in [4.78, 5) is 11.0. The molecule has 3 heteroatoms. The normalized spacial score (nSPS) is 10.3. The summed E-state index contributed by atoms with van der Waals surface area (Å²) >= 11 is 0. The van der Waals surface area contributed by atoms with Gasteiger partial charge in [0.25, 0.3) is 0 Å². The first-order valence-electron chi connectivity index (χ1n) is 5.92. The van der Waals surface area contributed by atoms with E-state index in [0.29, 0.717) is 13.2 Å². The smallest absolute Gasteiger partial charge is 0.330 e. The maximum atomic E-state index is 11.0. The van der Waals surface area contributed by atoms with Crippen molar-refractivity contribution in [2.45, 2.75) is 13.3 Å². The Morgan fingerprint density at radius 2 is 2.17 bits per heavy atom. The van der Waals surface area contributed by atoms with Crippen LogP contribution in [-0.4, -0.2) is 19.2 Å². The topological polar surface area (TPSA) is 35.5 Å². The number of rotatable bonds is 7. The molecule has 0 saturated carbocycles. The molecular formula is C15H18O3. The molecule has 1 aromatic carbocycles. The number of ether oxygens (including phenoxy) is 2. The van der Waals surface area contributed by atoms with Crippen LogP contribution in [0.1, 0.15) is 12.5 Å². The highest BCUT2D eigenvalue weighted by Gasteiger charge is 1.99. The average molecular weight is 246 g/mol. The molecule has 96 valence electrons. The predicted molar refractivity (Wildman–Crippen MR) is 71.6 cm³/mol. The number of benzene rings is 1. The van der Waals surface area contributed by atoms with Crippen LogP contribution in [0.25, 0.3) is 0 Å². The molecule has 3 nitrogen and oxygen atoms in total. The highest BCUT2D eigenvalue weighted by atomic mass is 16.5. The highest BCUT2D eigenvalue weighted by molar-refractivity contribution is 5.81. The van der Waals surface area contributed by atoms with Gasteiger partial charge in [0.05, 0.1) is 6.61 Å². The van der Waals surface area contributed by atoms with Gasteiger partial charge in [-0.25, -0.2) is 4.79 Å². The van der Waals surface area contributed by atoms with E-state index in [4.69, 9.17) is 9.47 Å². The van der Waals surface area contributed by atoms with E-state index in [2.05, 4.69) is 6.58 Å². The van der Waals surface area contributed by atoms with E-state index in [1.807, 2.05) is 30.3 Å². The highest BCUT2D eigenvalue weighted by Crippen LogP contribution is 2.18. The van der Waals surface area contributed by atoms with E-state index < -0.39 is 0 Å². The van der Waals surface area contributed by atoms with Crippen LogP contribution < -0.4 is 4.74 Å². The number of carbonyl (C=O) groups is 1. The molecule has 0 bridgehead atoms. The van der Waals surface area contributed by atoms with Crippen molar-refractivity contribution in [1.82, 2.24) is 0 Å². The van der Waals surface area contributed by atoms with Crippen molar-refractivity contribution in [3.05, 3.63) is 54.6 Å². The first kappa shape index (κ1) is 14.0. The fourth-order valence-corrected chi connectivity index (χ4v) is 1.44. The molecule has 0 aliphatic carbocycles. The van der Waals surface area contributed by atoms with Crippen LogP contribution in [0.2, 0.25) is 0 Å². The summed E-state index contributed by atoms with van der Waals surface area (Å²) in [5.74, 6) is 0.464. The quantitative estimate of drug-likeness (QED) is 0.421. The molecule has 0 fully saturated rings. The van der Waals surface area contributed by atoms with Crippen molar-refractivity contribution in [3.63, 3.8) is 0 Å². The molecule has 1 rings (SSSR count). The van der Waals surface area contributed by atoms with Gasteiger partial charge < -0.3 is 9.47 Å². The molecule has 0 atom stereocenters. The second kappa shape index (κ2) is 8.12. The zero-order chi connectivity index (χ0) is 13.2. The maximum absolute atomic E-state index is 11.0. The zero-order valence-corrected chi connectivity index (χ0v) is 10.6. The van der Waals surface area contributed by atoms with Crippen molar-refractivity contribution in [3.8, 4) is 5.75 Å². The van der Waals surface area contributed by atoms with Gasteiger partial charge in [0.1, 0.15) is 12.4 Å².